The molecule has 1 spiro atoms. The number of likely N-dealkylation sites (tertiary alicyclic amines) is 1. The number of methoxy groups -OCH3 is 1. The zero-order valence-corrected chi connectivity index (χ0v) is 18.2. The fourth-order valence-electron chi connectivity index (χ4n) is 4.29. The third-order valence-electron chi connectivity index (χ3n) is 6.26. The van der Waals surface area contributed by atoms with Gasteiger partial charge >= 0.3 is 0 Å². The lowest BCUT2D eigenvalue weighted by molar-refractivity contribution is -0.00576. The molecule has 2 aliphatic heterocycles. The third-order valence-corrected chi connectivity index (χ3v) is 6.26. The van der Waals surface area contributed by atoms with Crippen molar-refractivity contribution in [1.29, 1.82) is 0 Å². The van der Waals surface area contributed by atoms with Crippen LogP contribution in [-0.4, -0.2) is 42.4 Å². The molecule has 0 bridgehead atoms. The third kappa shape index (κ3) is 3.81. The van der Waals surface area contributed by atoms with Crippen molar-refractivity contribution in [2.45, 2.75) is 51.0 Å². The Bertz CT molecular complexity index is 964. The first-order valence-corrected chi connectivity index (χ1v) is 10.5. The molecule has 0 saturated carbocycles. The van der Waals surface area contributed by atoms with Gasteiger partial charge in [0.1, 0.15) is 17.1 Å². The largest absolute Gasteiger partial charge is 0.497 e. The topological polar surface area (TPSA) is 55.8 Å². The normalized spacial score (nSPS) is 18.0. The summed E-state index contributed by atoms with van der Waals surface area (Å²) in [7, 11) is 1.58. The van der Waals surface area contributed by atoms with Crippen LogP contribution in [0, 0.1) is 0 Å². The van der Waals surface area contributed by atoms with Crippen LogP contribution in [0.4, 0.5) is 0 Å². The van der Waals surface area contributed by atoms with Crippen LogP contribution in [0.1, 0.15) is 66.3 Å². The maximum atomic E-state index is 13.0. The molecule has 4 rings (SSSR count). The number of carbonyl (C=O) groups excluding carboxylic acids is 2. The second-order valence-electron chi connectivity index (χ2n) is 9.37. The molecule has 2 aliphatic rings. The Morgan fingerprint density at radius 2 is 1.73 bits per heavy atom. The summed E-state index contributed by atoms with van der Waals surface area (Å²) < 4.78 is 11.5. The lowest BCUT2D eigenvalue weighted by atomic mass is 9.82. The Labute approximate surface area is 178 Å². The predicted octanol–water partition coefficient (Wildman–Crippen LogP) is 4.63. The van der Waals surface area contributed by atoms with Crippen LogP contribution in [0.5, 0.6) is 11.5 Å². The molecular weight excluding hydrogens is 378 g/mol. The second kappa shape index (κ2) is 7.46. The quantitative estimate of drug-likeness (QED) is 0.728. The van der Waals surface area contributed by atoms with Gasteiger partial charge in [-0.2, -0.15) is 0 Å². The number of amides is 1. The summed E-state index contributed by atoms with van der Waals surface area (Å²) in [4.78, 5) is 27.6. The van der Waals surface area contributed by atoms with E-state index in [2.05, 4.69) is 20.8 Å². The molecule has 5 nitrogen and oxygen atoms in total. The van der Waals surface area contributed by atoms with Crippen LogP contribution in [-0.2, 0) is 5.41 Å². The maximum absolute atomic E-state index is 13.0. The summed E-state index contributed by atoms with van der Waals surface area (Å²) in [5.74, 6) is 1.38. The van der Waals surface area contributed by atoms with E-state index in [0.717, 1.165) is 0 Å². The molecular formula is C25H29NO4. The maximum Gasteiger partial charge on any atom is 0.253 e. The van der Waals surface area contributed by atoms with E-state index in [4.69, 9.17) is 9.47 Å². The molecule has 2 aromatic rings. The van der Waals surface area contributed by atoms with Crippen LogP contribution in [0.3, 0.4) is 0 Å². The van der Waals surface area contributed by atoms with Gasteiger partial charge in [0.15, 0.2) is 5.78 Å². The van der Waals surface area contributed by atoms with E-state index >= 15 is 0 Å². The summed E-state index contributed by atoms with van der Waals surface area (Å²) in [6.45, 7) is 7.64. The highest BCUT2D eigenvalue weighted by atomic mass is 16.5. The number of hydrogen-bond acceptors (Lipinski definition) is 4. The van der Waals surface area contributed by atoms with E-state index in [1.165, 1.54) is 5.56 Å². The lowest BCUT2D eigenvalue weighted by Gasteiger charge is -2.44. The van der Waals surface area contributed by atoms with Crippen molar-refractivity contribution < 1.29 is 19.1 Å². The first-order chi connectivity index (χ1) is 14.2. The first-order valence-electron chi connectivity index (χ1n) is 10.5. The molecule has 0 N–H and O–H groups in total. The molecule has 1 fully saturated rings. The van der Waals surface area contributed by atoms with Gasteiger partial charge in [-0.1, -0.05) is 32.9 Å². The number of nitrogens with zero attached hydrogens (tertiary/aromatic N) is 1. The number of ketones is 1. The minimum absolute atomic E-state index is 0.0394. The summed E-state index contributed by atoms with van der Waals surface area (Å²) in [6, 6.07) is 13.3. The molecule has 2 aromatic carbocycles. The van der Waals surface area contributed by atoms with E-state index in [-0.39, 0.29) is 17.1 Å². The number of ether oxygens (including phenoxy) is 2. The summed E-state index contributed by atoms with van der Waals surface area (Å²) in [5.41, 5.74) is 2.03. The molecule has 158 valence electrons. The molecule has 5 heteroatoms. The Hall–Kier alpha value is -2.82. The van der Waals surface area contributed by atoms with Crippen LogP contribution < -0.4 is 9.47 Å². The number of carbonyl (C=O) groups is 2. The molecule has 2 heterocycles. The fourth-order valence-corrected chi connectivity index (χ4v) is 4.29. The molecule has 30 heavy (non-hydrogen) atoms. The Kier molecular flexibility index (Phi) is 5.08. The Morgan fingerprint density at radius 3 is 2.33 bits per heavy atom. The van der Waals surface area contributed by atoms with Gasteiger partial charge in [0, 0.05) is 31.5 Å². The molecule has 0 radical (unpaired) electrons. The smallest absolute Gasteiger partial charge is 0.253 e. The van der Waals surface area contributed by atoms with E-state index in [1.54, 1.807) is 19.2 Å². The van der Waals surface area contributed by atoms with Gasteiger partial charge in [-0.15, -0.1) is 0 Å². The Balaban J connectivity index is 1.44. The standard InChI is InChI=1S/C25H29NO4/c1-24(2,3)18-7-5-17(6-8-18)23(28)26-13-11-25(12-14-26)16-21(27)20-15-19(29-4)9-10-22(20)30-25/h5-10,15H,11-14,16H2,1-4H3. The van der Waals surface area contributed by atoms with Gasteiger partial charge in [-0.25, -0.2) is 0 Å². The van der Waals surface area contributed by atoms with E-state index in [1.807, 2.05) is 35.2 Å². The monoisotopic (exact) mass is 407 g/mol. The molecule has 0 aliphatic carbocycles. The van der Waals surface area contributed by atoms with Crippen LogP contribution in [0.15, 0.2) is 42.5 Å². The lowest BCUT2D eigenvalue weighted by Crippen LogP contribution is -2.52. The van der Waals surface area contributed by atoms with Gasteiger partial charge in [-0.05, 0) is 41.3 Å². The van der Waals surface area contributed by atoms with Crippen molar-refractivity contribution in [3.8, 4) is 11.5 Å². The SMILES string of the molecule is COc1ccc2c(c1)C(=O)CC1(CCN(C(=O)c3ccc(C(C)(C)C)cc3)CC1)O2. The minimum Gasteiger partial charge on any atom is -0.497 e. The van der Waals surface area contributed by atoms with Crippen molar-refractivity contribution in [3.63, 3.8) is 0 Å². The van der Waals surface area contributed by atoms with Gasteiger partial charge < -0.3 is 14.4 Å². The van der Waals surface area contributed by atoms with Gasteiger partial charge in [-0.3, -0.25) is 9.59 Å². The van der Waals surface area contributed by atoms with Crippen molar-refractivity contribution in [1.82, 2.24) is 4.90 Å². The van der Waals surface area contributed by atoms with Gasteiger partial charge in [0.25, 0.3) is 5.91 Å². The van der Waals surface area contributed by atoms with E-state index in [0.29, 0.717) is 55.0 Å². The van der Waals surface area contributed by atoms with Crippen LogP contribution >= 0.6 is 0 Å². The molecule has 0 atom stereocenters. The number of rotatable bonds is 2. The molecule has 1 amide bonds. The average Bonchev–Trinajstić information content (AvgIpc) is 2.73. The van der Waals surface area contributed by atoms with Gasteiger partial charge in [0.2, 0.25) is 0 Å². The highest BCUT2D eigenvalue weighted by molar-refractivity contribution is 6.01. The zero-order valence-electron chi connectivity index (χ0n) is 18.2. The van der Waals surface area contributed by atoms with Crippen molar-refractivity contribution in [2.75, 3.05) is 20.2 Å². The van der Waals surface area contributed by atoms with Crippen molar-refractivity contribution in [2.24, 2.45) is 0 Å². The summed E-state index contributed by atoms with van der Waals surface area (Å²) >= 11 is 0. The molecule has 1 saturated heterocycles. The van der Waals surface area contributed by atoms with E-state index < -0.39 is 5.60 Å². The van der Waals surface area contributed by atoms with Crippen LogP contribution in [0.2, 0.25) is 0 Å². The van der Waals surface area contributed by atoms with Gasteiger partial charge in [0.05, 0.1) is 19.1 Å². The zero-order chi connectivity index (χ0) is 21.5. The van der Waals surface area contributed by atoms with Crippen molar-refractivity contribution >= 4 is 11.7 Å². The summed E-state index contributed by atoms with van der Waals surface area (Å²) in [5, 5.41) is 0. The van der Waals surface area contributed by atoms with Crippen LogP contribution in [0.25, 0.3) is 0 Å². The number of benzene rings is 2. The highest BCUT2D eigenvalue weighted by Gasteiger charge is 2.43. The molecule has 0 unspecified atom stereocenters. The number of Topliss-reactive ketones (excluding diaryl/α,β-unsaturated/α-hetero) is 1. The molecule has 0 aromatic heterocycles. The second-order valence-corrected chi connectivity index (χ2v) is 9.37. The predicted molar refractivity (Wildman–Crippen MR) is 116 cm³/mol. The highest BCUT2D eigenvalue weighted by Crippen LogP contribution is 2.40. The number of piperidine rings is 1. The minimum atomic E-state index is -0.522. The number of hydrogen-bond donors (Lipinski definition) is 0. The summed E-state index contributed by atoms with van der Waals surface area (Å²) in [6.07, 6.45) is 1.64. The number of fused-ring (bicyclic) bond motifs is 1. The average molecular weight is 408 g/mol. The fraction of sp³-hybridized carbons (Fsp3) is 0.440. The van der Waals surface area contributed by atoms with E-state index in [9.17, 15) is 9.59 Å². The first kappa shape index (κ1) is 20.5. The Morgan fingerprint density at radius 1 is 1.07 bits per heavy atom. The van der Waals surface area contributed by atoms with Crippen molar-refractivity contribution in [3.05, 3.63) is 59.2 Å².